The lowest BCUT2D eigenvalue weighted by Crippen LogP contribution is -2.29. The molecule has 0 saturated heterocycles. The lowest BCUT2D eigenvalue weighted by molar-refractivity contribution is -0.149. The lowest BCUT2D eigenvalue weighted by Gasteiger charge is -2.14. The Hall–Kier alpha value is -1.49. The van der Waals surface area contributed by atoms with Crippen LogP contribution in [0.1, 0.15) is 25.3 Å². The van der Waals surface area contributed by atoms with Gasteiger partial charge in [-0.25, -0.2) is 8.78 Å². The molecule has 1 unspecified atom stereocenters. The second kappa shape index (κ2) is 6.10. The van der Waals surface area contributed by atoms with Gasteiger partial charge in [-0.15, -0.1) is 0 Å². The van der Waals surface area contributed by atoms with Crippen molar-refractivity contribution in [2.24, 2.45) is 5.92 Å². The van der Waals surface area contributed by atoms with Gasteiger partial charge < -0.3 is 10.1 Å². The molecule has 1 aliphatic rings. The van der Waals surface area contributed by atoms with Crippen molar-refractivity contribution in [3.8, 4) is 0 Å². The first kappa shape index (κ1) is 13.9. The van der Waals surface area contributed by atoms with Gasteiger partial charge in [0.2, 0.25) is 0 Å². The molecule has 1 fully saturated rings. The highest BCUT2D eigenvalue weighted by molar-refractivity contribution is 5.75. The van der Waals surface area contributed by atoms with Crippen molar-refractivity contribution in [2.45, 2.75) is 32.4 Å². The first-order chi connectivity index (χ1) is 9.06. The van der Waals surface area contributed by atoms with E-state index in [-0.39, 0.29) is 24.5 Å². The van der Waals surface area contributed by atoms with Crippen LogP contribution in [0.5, 0.6) is 0 Å². The minimum atomic E-state index is -0.590. The Morgan fingerprint density at radius 2 is 2.21 bits per heavy atom. The number of nitrogens with one attached hydrogen (secondary N) is 1. The third kappa shape index (κ3) is 4.28. The summed E-state index contributed by atoms with van der Waals surface area (Å²) in [5, 5.41) is 2.99. The second-order valence-electron chi connectivity index (χ2n) is 4.89. The number of hydrogen-bond acceptors (Lipinski definition) is 3. The maximum Gasteiger partial charge on any atom is 0.309 e. The fourth-order valence-electron chi connectivity index (χ4n) is 1.73. The predicted octanol–water partition coefficient (Wildman–Crippen LogP) is 2.40. The van der Waals surface area contributed by atoms with Crippen LogP contribution in [0, 0.1) is 17.6 Å². The SMILES string of the molecule is CC(CNCc1ccc(F)cc1F)OC(=O)C1CC1. The summed E-state index contributed by atoms with van der Waals surface area (Å²) in [4.78, 5) is 11.4. The van der Waals surface area contributed by atoms with Gasteiger partial charge in [0.15, 0.2) is 0 Å². The number of carbonyl (C=O) groups excluding carboxylic acids is 1. The van der Waals surface area contributed by atoms with Gasteiger partial charge in [-0.2, -0.15) is 0 Å². The molecule has 2 rings (SSSR count). The van der Waals surface area contributed by atoms with E-state index >= 15 is 0 Å². The van der Waals surface area contributed by atoms with Gasteiger partial charge in [-0.3, -0.25) is 4.79 Å². The molecule has 0 radical (unpaired) electrons. The van der Waals surface area contributed by atoms with Gasteiger partial charge in [0, 0.05) is 24.7 Å². The van der Waals surface area contributed by atoms with Gasteiger partial charge >= 0.3 is 5.97 Å². The number of rotatable bonds is 6. The summed E-state index contributed by atoms with van der Waals surface area (Å²) in [6, 6.07) is 3.47. The fraction of sp³-hybridized carbons (Fsp3) is 0.500. The largest absolute Gasteiger partial charge is 0.461 e. The average molecular weight is 269 g/mol. The molecule has 19 heavy (non-hydrogen) atoms. The van der Waals surface area contributed by atoms with Gasteiger partial charge in [-0.1, -0.05) is 6.07 Å². The van der Waals surface area contributed by atoms with E-state index in [9.17, 15) is 13.6 Å². The number of hydrogen-bond donors (Lipinski definition) is 1. The zero-order chi connectivity index (χ0) is 13.8. The number of carbonyl (C=O) groups is 1. The summed E-state index contributed by atoms with van der Waals surface area (Å²) in [5.41, 5.74) is 0.391. The fourth-order valence-corrected chi connectivity index (χ4v) is 1.73. The smallest absolute Gasteiger partial charge is 0.309 e. The molecule has 1 N–H and O–H groups in total. The molecule has 1 saturated carbocycles. The molecular weight excluding hydrogens is 252 g/mol. The van der Waals surface area contributed by atoms with Gasteiger partial charge in [0.05, 0.1) is 5.92 Å². The van der Waals surface area contributed by atoms with Crippen LogP contribution in [0.4, 0.5) is 8.78 Å². The quantitative estimate of drug-likeness (QED) is 0.806. The van der Waals surface area contributed by atoms with Crippen LogP contribution in [-0.4, -0.2) is 18.6 Å². The van der Waals surface area contributed by atoms with E-state index in [2.05, 4.69) is 5.32 Å². The summed E-state index contributed by atoms with van der Waals surface area (Å²) in [7, 11) is 0. The van der Waals surface area contributed by atoms with Crippen LogP contribution < -0.4 is 5.32 Å². The Labute approximate surface area is 111 Å². The molecule has 0 spiro atoms. The zero-order valence-corrected chi connectivity index (χ0v) is 10.8. The molecule has 104 valence electrons. The van der Waals surface area contributed by atoms with E-state index in [1.54, 1.807) is 6.92 Å². The maximum absolute atomic E-state index is 13.3. The Morgan fingerprint density at radius 3 is 2.84 bits per heavy atom. The molecule has 5 heteroatoms. The molecule has 0 heterocycles. The van der Waals surface area contributed by atoms with Crippen LogP contribution in [-0.2, 0) is 16.1 Å². The highest BCUT2D eigenvalue weighted by atomic mass is 19.1. The van der Waals surface area contributed by atoms with E-state index in [0.29, 0.717) is 12.1 Å². The first-order valence-corrected chi connectivity index (χ1v) is 6.41. The Bertz CT molecular complexity index is 461. The van der Waals surface area contributed by atoms with Gasteiger partial charge in [0.25, 0.3) is 0 Å². The van der Waals surface area contributed by atoms with E-state index in [0.717, 1.165) is 18.9 Å². The minimum absolute atomic E-state index is 0.0805. The number of ether oxygens (including phenoxy) is 1. The molecule has 1 aliphatic carbocycles. The molecule has 0 bridgehead atoms. The minimum Gasteiger partial charge on any atom is -0.461 e. The molecule has 1 atom stereocenters. The first-order valence-electron chi connectivity index (χ1n) is 6.41. The van der Waals surface area contributed by atoms with Gasteiger partial charge in [-0.05, 0) is 25.8 Å². The van der Waals surface area contributed by atoms with E-state index in [4.69, 9.17) is 4.74 Å². The van der Waals surface area contributed by atoms with E-state index < -0.39 is 11.6 Å². The molecule has 3 nitrogen and oxygen atoms in total. The molecular formula is C14H17F2NO2. The number of halogens is 2. The van der Waals surface area contributed by atoms with Crippen molar-refractivity contribution < 1.29 is 18.3 Å². The third-order valence-corrected chi connectivity index (χ3v) is 2.99. The predicted molar refractivity (Wildman–Crippen MR) is 66.3 cm³/mol. The maximum atomic E-state index is 13.3. The molecule has 0 aromatic heterocycles. The van der Waals surface area contributed by atoms with Crippen molar-refractivity contribution in [1.82, 2.24) is 5.32 Å². The topological polar surface area (TPSA) is 38.3 Å². The van der Waals surface area contributed by atoms with Crippen LogP contribution in [0.3, 0.4) is 0 Å². The number of benzene rings is 1. The van der Waals surface area contributed by atoms with Crippen LogP contribution >= 0.6 is 0 Å². The summed E-state index contributed by atoms with van der Waals surface area (Å²) in [6.45, 7) is 2.50. The average Bonchev–Trinajstić information content (AvgIpc) is 3.16. The summed E-state index contributed by atoms with van der Waals surface area (Å²) in [6.07, 6.45) is 1.58. The lowest BCUT2D eigenvalue weighted by atomic mass is 10.2. The number of esters is 1. The zero-order valence-electron chi connectivity index (χ0n) is 10.8. The standard InChI is InChI=1S/C14H17F2NO2/c1-9(19-14(18)10-2-3-10)7-17-8-11-4-5-12(15)6-13(11)16/h4-6,9-10,17H,2-3,7-8H2,1H3. The molecule has 0 amide bonds. The van der Waals surface area contributed by atoms with Crippen molar-refractivity contribution >= 4 is 5.97 Å². The normalized spacial score (nSPS) is 16.2. The summed E-state index contributed by atoms with van der Waals surface area (Å²) in [5.74, 6) is -1.23. The summed E-state index contributed by atoms with van der Waals surface area (Å²) >= 11 is 0. The van der Waals surface area contributed by atoms with E-state index in [1.807, 2.05) is 0 Å². The van der Waals surface area contributed by atoms with Crippen molar-refractivity contribution in [3.63, 3.8) is 0 Å². The molecule has 1 aromatic rings. The van der Waals surface area contributed by atoms with Crippen molar-refractivity contribution in [3.05, 3.63) is 35.4 Å². The Morgan fingerprint density at radius 1 is 1.47 bits per heavy atom. The van der Waals surface area contributed by atoms with E-state index in [1.165, 1.54) is 12.1 Å². The monoisotopic (exact) mass is 269 g/mol. The Kier molecular flexibility index (Phi) is 4.47. The van der Waals surface area contributed by atoms with Crippen LogP contribution in [0.15, 0.2) is 18.2 Å². The summed E-state index contributed by atoms with van der Waals surface area (Å²) < 4.78 is 31.2. The second-order valence-corrected chi connectivity index (χ2v) is 4.89. The third-order valence-electron chi connectivity index (χ3n) is 2.99. The molecule has 0 aliphatic heterocycles. The molecule has 1 aromatic carbocycles. The highest BCUT2D eigenvalue weighted by Crippen LogP contribution is 2.30. The van der Waals surface area contributed by atoms with Crippen molar-refractivity contribution in [1.29, 1.82) is 0 Å². The highest BCUT2D eigenvalue weighted by Gasteiger charge is 2.32. The van der Waals surface area contributed by atoms with Crippen LogP contribution in [0.2, 0.25) is 0 Å². The Balaban J connectivity index is 1.71. The van der Waals surface area contributed by atoms with Crippen LogP contribution in [0.25, 0.3) is 0 Å². The van der Waals surface area contributed by atoms with Gasteiger partial charge in [0.1, 0.15) is 17.7 Å². The van der Waals surface area contributed by atoms with Crippen molar-refractivity contribution in [2.75, 3.05) is 6.54 Å².